The quantitative estimate of drug-likeness (QED) is 0.499. The van der Waals surface area contributed by atoms with E-state index in [1.165, 1.54) is 0 Å². The third kappa shape index (κ3) is 3.35. The number of aromatic amines is 2. The van der Waals surface area contributed by atoms with Crippen LogP contribution in [-0.2, 0) is 0 Å². The number of hydrogen-bond acceptors (Lipinski definition) is 4. The molecule has 146 valence electrons. The van der Waals surface area contributed by atoms with E-state index in [0.717, 1.165) is 59.3 Å². The Labute approximate surface area is 168 Å². The average molecular weight is 386 g/mol. The first-order valence-corrected chi connectivity index (χ1v) is 9.86. The number of rotatable bonds is 4. The Morgan fingerprint density at radius 1 is 1.10 bits per heavy atom. The number of fused-ring (bicyclic) bond motifs is 1. The fraction of sp³-hybridized carbons (Fsp3) is 0.227. The summed E-state index contributed by atoms with van der Waals surface area (Å²) >= 11 is 0. The van der Waals surface area contributed by atoms with Crippen LogP contribution in [0, 0.1) is 0 Å². The maximum Gasteiger partial charge on any atom is 0.253 e. The first-order chi connectivity index (χ1) is 14.3. The number of nitrogens with one attached hydrogen (secondary N) is 3. The van der Waals surface area contributed by atoms with Gasteiger partial charge in [0, 0.05) is 59.8 Å². The number of nitrogens with zero attached hydrogens (tertiary/aromatic N) is 3. The maximum atomic E-state index is 12.7. The van der Waals surface area contributed by atoms with E-state index in [4.69, 9.17) is 0 Å². The molecular weight excluding hydrogens is 364 g/mol. The van der Waals surface area contributed by atoms with Crippen molar-refractivity contribution in [1.82, 2.24) is 25.1 Å². The molecule has 0 unspecified atom stereocenters. The van der Waals surface area contributed by atoms with E-state index in [1.54, 1.807) is 0 Å². The number of aromatic nitrogens is 4. The SMILES string of the molecule is O=C(c1ccccc1)N1CCC(Nc2c(-c3cn[nH]c3)cnc3[nH]ccc23)CC1. The second-order valence-corrected chi connectivity index (χ2v) is 7.35. The van der Waals surface area contributed by atoms with E-state index in [1.807, 2.05) is 66.1 Å². The minimum Gasteiger partial charge on any atom is -0.381 e. The Hall–Kier alpha value is -3.61. The molecule has 7 nitrogen and oxygen atoms in total. The van der Waals surface area contributed by atoms with Gasteiger partial charge in [-0.3, -0.25) is 9.89 Å². The first kappa shape index (κ1) is 17.5. The van der Waals surface area contributed by atoms with Gasteiger partial charge in [0.1, 0.15) is 5.65 Å². The molecule has 7 heteroatoms. The summed E-state index contributed by atoms with van der Waals surface area (Å²) in [6.07, 6.45) is 9.27. The molecule has 1 fully saturated rings. The molecule has 0 atom stereocenters. The molecule has 3 N–H and O–H groups in total. The number of likely N-dealkylation sites (tertiary alicyclic amines) is 1. The second kappa shape index (κ2) is 7.43. The number of amides is 1. The maximum absolute atomic E-state index is 12.7. The van der Waals surface area contributed by atoms with Crippen LogP contribution >= 0.6 is 0 Å². The third-order valence-electron chi connectivity index (χ3n) is 5.55. The topological polar surface area (TPSA) is 89.7 Å². The molecule has 0 radical (unpaired) electrons. The summed E-state index contributed by atoms with van der Waals surface area (Å²) < 4.78 is 0. The molecular formula is C22H22N6O. The van der Waals surface area contributed by atoms with Gasteiger partial charge in [-0.15, -0.1) is 0 Å². The summed E-state index contributed by atoms with van der Waals surface area (Å²) in [6.45, 7) is 1.49. The Morgan fingerprint density at radius 3 is 2.69 bits per heavy atom. The van der Waals surface area contributed by atoms with Crippen LogP contribution in [-0.4, -0.2) is 50.1 Å². The molecule has 3 aromatic heterocycles. The zero-order chi connectivity index (χ0) is 19.6. The number of carbonyl (C=O) groups excluding carboxylic acids is 1. The molecule has 1 aromatic carbocycles. The van der Waals surface area contributed by atoms with Crippen molar-refractivity contribution in [2.24, 2.45) is 0 Å². The molecule has 0 spiro atoms. The van der Waals surface area contributed by atoms with E-state index in [9.17, 15) is 4.79 Å². The average Bonchev–Trinajstić information content (AvgIpc) is 3.47. The van der Waals surface area contributed by atoms with Gasteiger partial charge in [0.25, 0.3) is 5.91 Å². The smallest absolute Gasteiger partial charge is 0.253 e. The molecule has 5 rings (SSSR count). The van der Waals surface area contributed by atoms with E-state index < -0.39 is 0 Å². The largest absolute Gasteiger partial charge is 0.381 e. The highest BCUT2D eigenvalue weighted by Gasteiger charge is 2.25. The monoisotopic (exact) mass is 386 g/mol. The van der Waals surface area contributed by atoms with Gasteiger partial charge in [-0.1, -0.05) is 18.2 Å². The normalized spacial score (nSPS) is 15.0. The van der Waals surface area contributed by atoms with Crippen molar-refractivity contribution < 1.29 is 4.79 Å². The molecule has 4 heterocycles. The van der Waals surface area contributed by atoms with Gasteiger partial charge in [-0.05, 0) is 31.0 Å². The van der Waals surface area contributed by atoms with Crippen molar-refractivity contribution in [3.05, 3.63) is 66.7 Å². The number of H-pyrrole nitrogens is 2. The molecule has 4 aromatic rings. The number of pyridine rings is 1. The molecule has 29 heavy (non-hydrogen) atoms. The fourth-order valence-corrected chi connectivity index (χ4v) is 3.97. The first-order valence-electron chi connectivity index (χ1n) is 9.86. The van der Waals surface area contributed by atoms with Crippen LogP contribution in [0.15, 0.2) is 61.2 Å². The van der Waals surface area contributed by atoms with Crippen LogP contribution in [0.4, 0.5) is 5.69 Å². The number of carbonyl (C=O) groups is 1. The Balaban J connectivity index is 1.34. The van der Waals surface area contributed by atoms with Crippen molar-refractivity contribution in [3.63, 3.8) is 0 Å². The summed E-state index contributed by atoms with van der Waals surface area (Å²) in [4.78, 5) is 22.4. The Bertz CT molecular complexity index is 1110. The van der Waals surface area contributed by atoms with Crippen molar-refractivity contribution in [2.75, 3.05) is 18.4 Å². The van der Waals surface area contributed by atoms with E-state index in [2.05, 4.69) is 25.5 Å². The molecule has 0 bridgehead atoms. The van der Waals surface area contributed by atoms with E-state index in [-0.39, 0.29) is 5.91 Å². The minimum atomic E-state index is 0.111. The number of benzene rings is 1. The summed E-state index contributed by atoms with van der Waals surface area (Å²) in [6, 6.07) is 11.8. The molecule has 0 aliphatic carbocycles. The van der Waals surface area contributed by atoms with Crippen molar-refractivity contribution in [2.45, 2.75) is 18.9 Å². The summed E-state index contributed by atoms with van der Waals surface area (Å²) in [5, 5.41) is 11.7. The number of hydrogen-bond donors (Lipinski definition) is 3. The summed E-state index contributed by atoms with van der Waals surface area (Å²) in [7, 11) is 0. The number of anilines is 1. The highest BCUT2D eigenvalue weighted by atomic mass is 16.2. The Morgan fingerprint density at radius 2 is 1.93 bits per heavy atom. The predicted octanol–water partition coefficient (Wildman–Crippen LogP) is 3.67. The Kier molecular flexibility index (Phi) is 4.48. The lowest BCUT2D eigenvalue weighted by atomic mass is 10.0. The molecule has 1 saturated heterocycles. The lowest BCUT2D eigenvalue weighted by Crippen LogP contribution is -2.42. The van der Waals surface area contributed by atoms with E-state index >= 15 is 0 Å². The standard InChI is InChI=1S/C22H22N6O/c29-22(15-4-2-1-3-5-15)28-10-7-17(8-11-28)27-20-18-6-9-23-21(18)24-14-19(20)16-12-25-26-13-16/h1-6,9,12-14,17H,7-8,10-11H2,(H,25,26)(H2,23,24,27). The van der Waals surface area contributed by atoms with Crippen molar-refractivity contribution in [3.8, 4) is 11.1 Å². The molecule has 1 aliphatic heterocycles. The minimum absolute atomic E-state index is 0.111. The highest BCUT2D eigenvalue weighted by molar-refractivity contribution is 5.98. The van der Waals surface area contributed by atoms with Gasteiger partial charge >= 0.3 is 0 Å². The van der Waals surface area contributed by atoms with Crippen molar-refractivity contribution >= 4 is 22.6 Å². The summed E-state index contributed by atoms with van der Waals surface area (Å²) in [5.74, 6) is 0.111. The second-order valence-electron chi connectivity index (χ2n) is 7.35. The van der Waals surface area contributed by atoms with Crippen LogP contribution in [0.2, 0.25) is 0 Å². The van der Waals surface area contributed by atoms with Crippen LogP contribution in [0.1, 0.15) is 23.2 Å². The van der Waals surface area contributed by atoms with Crippen LogP contribution < -0.4 is 5.32 Å². The van der Waals surface area contributed by atoms with Gasteiger partial charge in [-0.25, -0.2) is 4.98 Å². The fourth-order valence-electron chi connectivity index (χ4n) is 3.97. The van der Waals surface area contributed by atoms with Gasteiger partial charge in [0.2, 0.25) is 0 Å². The lowest BCUT2D eigenvalue weighted by Gasteiger charge is -2.33. The van der Waals surface area contributed by atoms with Gasteiger partial charge in [0.15, 0.2) is 0 Å². The van der Waals surface area contributed by atoms with Gasteiger partial charge < -0.3 is 15.2 Å². The molecule has 1 amide bonds. The van der Waals surface area contributed by atoms with Crippen LogP contribution in [0.5, 0.6) is 0 Å². The van der Waals surface area contributed by atoms with Gasteiger partial charge in [-0.2, -0.15) is 5.10 Å². The zero-order valence-corrected chi connectivity index (χ0v) is 15.9. The number of piperidine rings is 1. The lowest BCUT2D eigenvalue weighted by molar-refractivity contribution is 0.0718. The molecule has 0 saturated carbocycles. The third-order valence-corrected chi connectivity index (χ3v) is 5.55. The predicted molar refractivity (Wildman–Crippen MR) is 113 cm³/mol. The van der Waals surface area contributed by atoms with Crippen LogP contribution in [0.25, 0.3) is 22.2 Å². The van der Waals surface area contributed by atoms with E-state index in [0.29, 0.717) is 6.04 Å². The van der Waals surface area contributed by atoms with Crippen LogP contribution in [0.3, 0.4) is 0 Å². The zero-order valence-electron chi connectivity index (χ0n) is 15.9. The molecule has 1 aliphatic rings. The van der Waals surface area contributed by atoms with Crippen molar-refractivity contribution in [1.29, 1.82) is 0 Å². The highest BCUT2D eigenvalue weighted by Crippen LogP contribution is 2.34. The summed E-state index contributed by atoms with van der Waals surface area (Å²) in [5.41, 5.74) is 4.69. The van der Waals surface area contributed by atoms with Gasteiger partial charge in [0.05, 0.1) is 11.9 Å².